The lowest BCUT2D eigenvalue weighted by atomic mass is 9.89. The standard InChI is InChI=1S/C22H14Br2/c1-11-3-4-14-15-6-7-16-19(23)10-12(2)13-5-8-17(21(15)20(13)16)22(24)18(14)9-11/h3-10H,1-2H3. The van der Waals surface area contributed by atoms with Crippen molar-refractivity contribution in [1.82, 2.24) is 0 Å². The van der Waals surface area contributed by atoms with Gasteiger partial charge in [-0.25, -0.2) is 0 Å². The van der Waals surface area contributed by atoms with E-state index < -0.39 is 0 Å². The van der Waals surface area contributed by atoms with E-state index in [2.05, 4.69) is 94.2 Å². The van der Waals surface area contributed by atoms with E-state index in [0.29, 0.717) is 0 Å². The first-order chi connectivity index (χ1) is 11.6. The molecule has 0 aromatic heterocycles. The molecule has 0 saturated carbocycles. The molecular formula is C22H14Br2. The van der Waals surface area contributed by atoms with Crippen LogP contribution >= 0.6 is 31.9 Å². The van der Waals surface area contributed by atoms with Crippen molar-refractivity contribution in [3.05, 3.63) is 68.6 Å². The summed E-state index contributed by atoms with van der Waals surface area (Å²) in [5.41, 5.74) is 2.60. The molecule has 0 radical (unpaired) electrons. The fourth-order valence-electron chi connectivity index (χ4n) is 4.00. The second-order valence-corrected chi connectivity index (χ2v) is 8.26. The molecule has 116 valence electrons. The van der Waals surface area contributed by atoms with Crippen LogP contribution in [0.1, 0.15) is 11.1 Å². The number of halogens is 2. The maximum absolute atomic E-state index is 3.89. The molecule has 0 aliphatic carbocycles. The third-order valence-electron chi connectivity index (χ3n) is 5.12. The Kier molecular flexibility index (Phi) is 3.02. The van der Waals surface area contributed by atoms with Crippen LogP contribution < -0.4 is 0 Å². The minimum absolute atomic E-state index is 1.17. The maximum atomic E-state index is 3.89. The van der Waals surface area contributed by atoms with E-state index in [1.807, 2.05) is 0 Å². The van der Waals surface area contributed by atoms with E-state index in [4.69, 9.17) is 0 Å². The molecule has 0 unspecified atom stereocenters. The van der Waals surface area contributed by atoms with Crippen LogP contribution in [0.15, 0.2) is 57.5 Å². The largest absolute Gasteiger partial charge is 0.0587 e. The van der Waals surface area contributed by atoms with Crippen LogP contribution in [0.4, 0.5) is 0 Å². The van der Waals surface area contributed by atoms with Crippen LogP contribution in [0.2, 0.25) is 0 Å². The summed E-state index contributed by atoms with van der Waals surface area (Å²) >= 11 is 7.64. The second-order valence-electron chi connectivity index (χ2n) is 6.61. The zero-order valence-corrected chi connectivity index (χ0v) is 16.5. The molecule has 0 aliphatic rings. The summed E-state index contributed by atoms with van der Waals surface area (Å²) in [4.78, 5) is 0. The highest BCUT2D eigenvalue weighted by Gasteiger charge is 2.16. The van der Waals surface area contributed by atoms with Crippen LogP contribution in [0.25, 0.3) is 43.1 Å². The minimum Gasteiger partial charge on any atom is -0.0587 e. The normalized spacial score (nSPS) is 12.2. The molecule has 2 heteroatoms. The summed E-state index contributed by atoms with van der Waals surface area (Å²) in [6.07, 6.45) is 0. The second kappa shape index (κ2) is 4.93. The van der Waals surface area contributed by atoms with E-state index in [1.165, 1.54) is 63.2 Å². The minimum atomic E-state index is 1.17. The van der Waals surface area contributed by atoms with Crippen LogP contribution in [0, 0.1) is 13.8 Å². The molecule has 0 nitrogen and oxygen atoms in total. The van der Waals surface area contributed by atoms with Crippen LogP contribution in [-0.4, -0.2) is 0 Å². The topological polar surface area (TPSA) is 0 Å². The van der Waals surface area contributed by atoms with Gasteiger partial charge < -0.3 is 0 Å². The first-order valence-corrected chi connectivity index (χ1v) is 9.60. The summed E-state index contributed by atoms with van der Waals surface area (Å²) in [5, 5.41) is 10.6. The number of fused-ring (bicyclic) bond motifs is 2. The molecule has 5 aromatic rings. The number of aryl methyl sites for hydroxylation is 2. The van der Waals surface area contributed by atoms with Gasteiger partial charge in [0.05, 0.1) is 0 Å². The SMILES string of the molecule is Cc1ccc2c(c1)c(Br)c1ccc3c(C)cc(Br)c4ccc2c1c34. The van der Waals surface area contributed by atoms with Gasteiger partial charge >= 0.3 is 0 Å². The quantitative estimate of drug-likeness (QED) is 0.171. The lowest BCUT2D eigenvalue weighted by Gasteiger charge is -2.17. The Hall–Kier alpha value is -1.64. The molecule has 0 amide bonds. The van der Waals surface area contributed by atoms with Gasteiger partial charge in [-0.05, 0) is 84.5 Å². The average Bonchev–Trinajstić information content (AvgIpc) is 2.57. The molecule has 0 spiro atoms. The van der Waals surface area contributed by atoms with Gasteiger partial charge in [-0.1, -0.05) is 64.0 Å². The molecule has 5 rings (SSSR count). The molecule has 0 heterocycles. The fraction of sp³-hybridized carbons (Fsp3) is 0.0909. The summed E-state index contributed by atoms with van der Waals surface area (Å²) < 4.78 is 2.36. The van der Waals surface area contributed by atoms with E-state index in [9.17, 15) is 0 Å². The van der Waals surface area contributed by atoms with Crippen molar-refractivity contribution in [2.24, 2.45) is 0 Å². The first-order valence-electron chi connectivity index (χ1n) is 8.01. The van der Waals surface area contributed by atoms with Gasteiger partial charge in [0.2, 0.25) is 0 Å². The predicted molar refractivity (Wildman–Crippen MR) is 113 cm³/mol. The van der Waals surface area contributed by atoms with Crippen molar-refractivity contribution < 1.29 is 0 Å². The lowest BCUT2D eigenvalue weighted by molar-refractivity contribution is 1.51. The smallest absolute Gasteiger partial charge is 0.0332 e. The van der Waals surface area contributed by atoms with Crippen LogP contribution in [-0.2, 0) is 0 Å². The zero-order valence-electron chi connectivity index (χ0n) is 13.4. The summed E-state index contributed by atoms with van der Waals surface area (Å²) in [5.74, 6) is 0. The highest BCUT2D eigenvalue weighted by atomic mass is 79.9. The summed E-state index contributed by atoms with van der Waals surface area (Å²) in [6, 6.07) is 18.0. The van der Waals surface area contributed by atoms with Crippen molar-refractivity contribution in [1.29, 1.82) is 0 Å². The van der Waals surface area contributed by atoms with Gasteiger partial charge in [0.1, 0.15) is 0 Å². The van der Waals surface area contributed by atoms with Gasteiger partial charge in [0, 0.05) is 8.95 Å². The molecule has 0 aliphatic heterocycles. The van der Waals surface area contributed by atoms with E-state index in [1.54, 1.807) is 0 Å². The Morgan fingerprint density at radius 1 is 0.583 bits per heavy atom. The lowest BCUT2D eigenvalue weighted by Crippen LogP contribution is -1.90. The maximum Gasteiger partial charge on any atom is 0.0332 e. The van der Waals surface area contributed by atoms with Gasteiger partial charge in [0.15, 0.2) is 0 Å². The fourth-order valence-corrected chi connectivity index (χ4v) is 5.33. The van der Waals surface area contributed by atoms with Crippen LogP contribution in [0.5, 0.6) is 0 Å². The monoisotopic (exact) mass is 436 g/mol. The highest BCUT2D eigenvalue weighted by molar-refractivity contribution is 9.11. The molecule has 0 atom stereocenters. The first kappa shape index (κ1) is 14.7. The van der Waals surface area contributed by atoms with Gasteiger partial charge in [-0.3, -0.25) is 0 Å². The Bertz CT molecular complexity index is 1260. The molecule has 0 N–H and O–H groups in total. The van der Waals surface area contributed by atoms with E-state index >= 15 is 0 Å². The molecule has 0 bridgehead atoms. The predicted octanol–water partition coefficient (Wildman–Crippen LogP) is 7.88. The van der Waals surface area contributed by atoms with Gasteiger partial charge in [0.25, 0.3) is 0 Å². The highest BCUT2D eigenvalue weighted by Crippen LogP contribution is 2.45. The van der Waals surface area contributed by atoms with Crippen molar-refractivity contribution in [3.63, 3.8) is 0 Å². The van der Waals surface area contributed by atoms with Gasteiger partial charge in [-0.15, -0.1) is 0 Å². The molecule has 0 fully saturated rings. The van der Waals surface area contributed by atoms with E-state index in [0.717, 1.165) is 0 Å². The number of hydrogen-bond acceptors (Lipinski definition) is 0. The van der Waals surface area contributed by atoms with Crippen molar-refractivity contribution in [3.8, 4) is 0 Å². The van der Waals surface area contributed by atoms with Crippen molar-refractivity contribution in [2.45, 2.75) is 13.8 Å². The molecule has 5 aromatic carbocycles. The Labute approximate surface area is 157 Å². The number of rotatable bonds is 0. The molecule has 0 saturated heterocycles. The number of benzene rings is 5. The van der Waals surface area contributed by atoms with Crippen molar-refractivity contribution in [2.75, 3.05) is 0 Å². The summed E-state index contributed by atoms with van der Waals surface area (Å²) in [6.45, 7) is 4.34. The van der Waals surface area contributed by atoms with Crippen LogP contribution in [0.3, 0.4) is 0 Å². The third-order valence-corrected chi connectivity index (χ3v) is 6.63. The average molecular weight is 438 g/mol. The summed E-state index contributed by atoms with van der Waals surface area (Å²) in [7, 11) is 0. The Morgan fingerprint density at radius 2 is 1.21 bits per heavy atom. The zero-order chi connectivity index (χ0) is 16.6. The van der Waals surface area contributed by atoms with Crippen molar-refractivity contribution >= 4 is 74.9 Å². The van der Waals surface area contributed by atoms with E-state index in [-0.39, 0.29) is 0 Å². The molecule has 24 heavy (non-hydrogen) atoms. The third kappa shape index (κ3) is 1.79. The Morgan fingerprint density at radius 3 is 2.04 bits per heavy atom. The Balaban J connectivity index is 2.20. The number of hydrogen-bond donors (Lipinski definition) is 0. The molecular weight excluding hydrogens is 424 g/mol. The van der Waals surface area contributed by atoms with Gasteiger partial charge in [-0.2, -0.15) is 0 Å².